The molecule has 2 N–H and O–H groups in total. The maximum Gasteiger partial charge on any atom is 0.130 e. The molecule has 0 unspecified atom stereocenters. The van der Waals surface area contributed by atoms with Crippen LogP contribution in [-0.4, -0.2) is 18.8 Å². The molecule has 0 atom stereocenters. The van der Waals surface area contributed by atoms with Crippen molar-refractivity contribution in [2.75, 3.05) is 13.2 Å². The third kappa shape index (κ3) is 1.03. The Bertz CT molecular complexity index is 114. The first kappa shape index (κ1) is 6.48. The van der Waals surface area contributed by atoms with Gasteiger partial charge in [-0.2, -0.15) is 5.11 Å². The van der Waals surface area contributed by atoms with Crippen molar-refractivity contribution in [2.24, 2.45) is 16.2 Å². The third-order valence-electron chi connectivity index (χ3n) is 1.67. The Kier molecular flexibility index (Phi) is 1.66. The van der Waals surface area contributed by atoms with Crippen LogP contribution in [0.3, 0.4) is 0 Å². The van der Waals surface area contributed by atoms with Gasteiger partial charge in [0.15, 0.2) is 0 Å². The Morgan fingerprint density at radius 3 is 2.44 bits per heavy atom. The lowest BCUT2D eigenvalue weighted by atomic mass is 9.96. The minimum atomic E-state index is -0.0747. The maximum absolute atomic E-state index is 4.97. The highest BCUT2D eigenvalue weighted by molar-refractivity contribution is 4.91. The van der Waals surface area contributed by atoms with Crippen LogP contribution in [0.1, 0.15) is 13.3 Å². The summed E-state index contributed by atoms with van der Waals surface area (Å²) < 4.78 is 4.97. The zero-order valence-electron chi connectivity index (χ0n) is 5.50. The monoisotopic (exact) mass is 129 g/mol. The molecule has 0 spiro atoms. The van der Waals surface area contributed by atoms with Gasteiger partial charge in [0.25, 0.3) is 0 Å². The van der Waals surface area contributed by atoms with E-state index in [1.54, 1.807) is 0 Å². The Balaban J connectivity index is 2.46. The van der Waals surface area contributed by atoms with Crippen LogP contribution in [0.5, 0.6) is 0 Å². The van der Waals surface area contributed by atoms with Gasteiger partial charge in [0, 0.05) is 0 Å². The fraction of sp³-hybridized carbons (Fsp3) is 1.00. The molecule has 1 rings (SSSR count). The van der Waals surface area contributed by atoms with Gasteiger partial charge in [-0.25, -0.2) is 0 Å². The van der Waals surface area contributed by atoms with Crippen LogP contribution >= 0.6 is 0 Å². The van der Waals surface area contributed by atoms with E-state index in [0.29, 0.717) is 13.2 Å². The molecule has 0 aromatic carbocycles. The molecule has 1 saturated heterocycles. The van der Waals surface area contributed by atoms with Crippen molar-refractivity contribution < 1.29 is 4.74 Å². The summed E-state index contributed by atoms with van der Waals surface area (Å²) in [5, 5.41) is 7.10. The summed E-state index contributed by atoms with van der Waals surface area (Å²) in [6.07, 6.45) is 0.952. The molecule has 4 nitrogen and oxygen atoms in total. The van der Waals surface area contributed by atoms with E-state index in [-0.39, 0.29) is 5.54 Å². The zero-order valence-corrected chi connectivity index (χ0v) is 5.50. The molecule has 1 aliphatic rings. The van der Waals surface area contributed by atoms with E-state index < -0.39 is 0 Å². The van der Waals surface area contributed by atoms with Gasteiger partial charge in [0.05, 0.1) is 13.2 Å². The van der Waals surface area contributed by atoms with Gasteiger partial charge in [-0.05, 0) is 6.42 Å². The lowest BCUT2D eigenvalue weighted by molar-refractivity contribution is -0.0573. The molecule has 1 fully saturated rings. The average Bonchev–Trinajstić information content (AvgIpc) is 1.79. The van der Waals surface area contributed by atoms with Gasteiger partial charge >= 0.3 is 0 Å². The number of hydrogen-bond donors (Lipinski definition) is 1. The summed E-state index contributed by atoms with van der Waals surface area (Å²) in [7, 11) is 0. The van der Waals surface area contributed by atoms with E-state index in [1.165, 1.54) is 0 Å². The molecule has 4 heteroatoms. The van der Waals surface area contributed by atoms with E-state index in [4.69, 9.17) is 10.6 Å². The SMILES string of the molecule is CCC1(N=NN)COC1. The summed E-state index contributed by atoms with van der Waals surface area (Å²) in [5.74, 6) is 4.90. The smallest absolute Gasteiger partial charge is 0.130 e. The third-order valence-corrected chi connectivity index (χ3v) is 1.67. The fourth-order valence-corrected chi connectivity index (χ4v) is 0.793. The fourth-order valence-electron chi connectivity index (χ4n) is 0.793. The normalized spacial score (nSPS) is 24.1. The summed E-state index contributed by atoms with van der Waals surface area (Å²) in [5.41, 5.74) is -0.0747. The van der Waals surface area contributed by atoms with Crippen molar-refractivity contribution in [2.45, 2.75) is 18.9 Å². The summed E-state index contributed by atoms with van der Waals surface area (Å²) in [4.78, 5) is 0. The molecule has 0 bridgehead atoms. The first-order valence-corrected chi connectivity index (χ1v) is 3.03. The quantitative estimate of drug-likeness (QED) is 0.335. The van der Waals surface area contributed by atoms with Crippen molar-refractivity contribution in [3.63, 3.8) is 0 Å². The van der Waals surface area contributed by atoms with Crippen LogP contribution in [0.2, 0.25) is 0 Å². The maximum atomic E-state index is 4.97. The second kappa shape index (κ2) is 2.31. The lowest BCUT2D eigenvalue weighted by Crippen LogP contribution is -2.47. The predicted molar refractivity (Wildman–Crippen MR) is 32.9 cm³/mol. The predicted octanol–water partition coefficient (Wildman–Crippen LogP) is 0.491. The number of nitrogens with zero attached hydrogens (tertiary/aromatic N) is 2. The highest BCUT2D eigenvalue weighted by Crippen LogP contribution is 2.25. The average molecular weight is 129 g/mol. The molecule has 0 saturated carbocycles. The first-order chi connectivity index (χ1) is 4.33. The molecular weight excluding hydrogens is 118 g/mol. The van der Waals surface area contributed by atoms with Gasteiger partial charge in [0.2, 0.25) is 0 Å². The highest BCUT2D eigenvalue weighted by atomic mass is 16.5. The largest absolute Gasteiger partial charge is 0.376 e. The van der Waals surface area contributed by atoms with Crippen molar-refractivity contribution in [1.82, 2.24) is 0 Å². The van der Waals surface area contributed by atoms with Gasteiger partial charge in [0.1, 0.15) is 5.54 Å². The first-order valence-electron chi connectivity index (χ1n) is 3.03. The van der Waals surface area contributed by atoms with E-state index in [0.717, 1.165) is 6.42 Å². The Hall–Kier alpha value is -0.640. The Morgan fingerprint density at radius 1 is 1.67 bits per heavy atom. The van der Waals surface area contributed by atoms with Gasteiger partial charge in [-0.1, -0.05) is 12.1 Å². The molecule has 0 amide bonds. The van der Waals surface area contributed by atoms with Crippen LogP contribution in [0.25, 0.3) is 0 Å². The molecule has 1 aliphatic heterocycles. The van der Waals surface area contributed by atoms with Gasteiger partial charge in [-0.3, -0.25) is 0 Å². The number of hydrogen-bond acceptors (Lipinski definition) is 3. The van der Waals surface area contributed by atoms with Gasteiger partial charge < -0.3 is 10.6 Å². The van der Waals surface area contributed by atoms with E-state index >= 15 is 0 Å². The van der Waals surface area contributed by atoms with Crippen LogP contribution in [0.15, 0.2) is 10.3 Å². The molecule has 0 aromatic rings. The molecule has 0 aliphatic carbocycles. The molecule has 0 aromatic heterocycles. The summed E-state index contributed by atoms with van der Waals surface area (Å²) >= 11 is 0. The molecule has 52 valence electrons. The lowest BCUT2D eigenvalue weighted by Gasteiger charge is -2.35. The van der Waals surface area contributed by atoms with Crippen molar-refractivity contribution >= 4 is 0 Å². The molecule has 1 heterocycles. The van der Waals surface area contributed by atoms with Crippen LogP contribution < -0.4 is 5.84 Å². The van der Waals surface area contributed by atoms with Crippen LogP contribution in [0.4, 0.5) is 0 Å². The molecule has 0 radical (unpaired) electrons. The topological polar surface area (TPSA) is 60.0 Å². The van der Waals surface area contributed by atoms with E-state index in [9.17, 15) is 0 Å². The number of ether oxygens (including phenoxy) is 1. The van der Waals surface area contributed by atoms with Crippen LogP contribution in [0, 0.1) is 0 Å². The minimum Gasteiger partial charge on any atom is -0.376 e. The molecular formula is C5H11N3O. The number of nitrogens with two attached hydrogens (primary N) is 1. The van der Waals surface area contributed by atoms with Crippen molar-refractivity contribution in [3.05, 3.63) is 0 Å². The van der Waals surface area contributed by atoms with E-state index in [2.05, 4.69) is 17.3 Å². The number of rotatable bonds is 2. The van der Waals surface area contributed by atoms with Crippen LogP contribution in [-0.2, 0) is 4.74 Å². The standard InChI is InChI=1S/C5H11N3O/c1-2-5(7-8-6)3-9-4-5/h2-4H2,1H3,(H2,6,7). The minimum absolute atomic E-state index is 0.0747. The molecule has 9 heavy (non-hydrogen) atoms. The highest BCUT2D eigenvalue weighted by Gasteiger charge is 2.36. The Morgan fingerprint density at radius 2 is 2.33 bits per heavy atom. The Labute approximate surface area is 54.1 Å². The van der Waals surface area contributed by atoms with Crippen molar-refractivity contribution in [1.29, 1.82) is 0 Å². The zero-order chi connectivity index (χ0) is 6.74. The second-order valence-corrected chi connectivity index (χ2v) is 2.29. The summed E-state index contributed by atoms with van der Waals surface area (Å²) in [6, 6.07) is 0. The van der Waals surface area contributed by atoms with E-state index in [1.807, 2.05) is 0 Å². The van der Waals surface area contributed by atoms with Crippen molar-refractivity contribution in [3.8, 4) is 0 Å². The summed E-state index contributed by atoms with van der Waals surface area (Å²) in [6.45, 7) is 3.39. The van der Waals surface area contributed by atoms with Gasteiger partial charge in [-0.15, -0.1) is 0 Å². The second-order valence-electron chi connectivity index (χ2n) is 2.29.